The summed E-state index contributed by atoms with van der Waals surface area (Å²) in [5, 5.41) is 8.90. The van der Waals surface area contributed by atoms with E-state index in [0.29, 0.717) is 16.0 Å². The summed E-state index contributed by atoms with van der Waals surface area (Å²) in [5.41, 5.74) is 0.173. The maximum absolute atomic E-state index is 10.8. The molecule has 5 heteroatoms. The van der Waals surface area contributed by atoms with Gasteiger partial charge in [-0.05, 0) is 40.9 Å². The van der Waals surface area contributed by atoms with Gasteiger partial charge in [0.25, 0.3) is 0 Å². The molecule has 16 heavy (non-hydrogen) atoms. The van der Waals surface area contributed by atoms with Gasteiger partial charge in [0, 0.05) is 0 Å². The van der Waals surface area contributed by atoms with Crippen molar-refractivity contribution in [3.8, 4) is 11.5 Å². The fourth-order valence-electron chi connectivity index (χ4n) is 1.31. The van der Waals surface area contributed by atoms with E-state index in [4.69, 9.17) is 14.6 Å². The van der Waals surface area contributed by atoms with Crippen LogP contribution in [-0.4, -0.2) is 24.3 Å². The molecule has 1 N–H and O–H groups in total. The van der Waals surface area contributed by atoms with Crippen LogP contribution in [0.1, 0.15) is 23.2 Å². The molecule has 0 saturated heterocycles. The van der Waals surface area contributed by atoms with Crippen LogP contribution in [0.2, 0.25) is 0 Å². The zero-order valence-electron chi connectivity index (χ0n) is 8.70. The Morgan fingerprint density at radius 2 is 2.19 bits per heavy atom. The number of carboxylic acid groups (broad SMARTS) is 1. The second-order valence-electron chi connectivity index (χ2n) is 3.61. The molecular formula is C11H11BrO4. The number of methoxy groups -OCH3 is 1. The highest BCUT2D eigenvalue weighted by Gasteiger charge is 2.26. The minimum Gasteiger partial charge on any atom is -0.493 e. The molecule has 0 aliphatic heterocycles. The van der Waals surface area contributed by atoms with Crippen LogP contribution < -0.4 is 9.47 Å². The molecule has 0 aromatic heterocycles. The van der Waals surface area contributed by atoms with Crippen LogP contribution in [0.15, 0.2) is 16.6 Å². The number of aromatic carboxylic acids is 1. The van der Waals surface area contributed by atoms with E-state index in [1.165, 1.54) is 19.2 Å². The summed E-state index contributed by atoms with van der Waals surface area (Å²) in [6.45, 7) is 0. The van der Waals surface area contributed by atoms with Crippen LogP contribution in [0.5, 0.6) is 11.5 Å². The van der Waals surface area contributed by atoms with Gasteiger partial charge >= 0.3 is 5.97 Å². The first kappa shape index (κ1) is 11.3. The van der Waals surface area contributed by atoms with E-state index in [2.05, 4.69) is 15.9 Å². The molecule has 1 saturated carbocycles. The fraction of sp³-hybridized carbons (Fsp3) is 0.364. The van der Waals surface area contributed by atoms with Crippen molar-refractivity contribution < 1.29 is 19.4 Å². The van der Waals surface area contributed by atoms with Crippen molar-refractivity contribution in [3.05, 3.63) is 22.2 Å². The molecule has 0 heterocycles. The van der Waals surface area contributed by atoms with Gasteiger partial charge in [-0.2, -0.15) is 0 Å². The molecular weight excluding hydrogens is 276 g/mol. The highest BCUT2D eigenvalue weighted by molar-refractivity contribution is 9.10. The molecule has 1 aliphatic rings. The summed E-state index contributed by atoms with van der Waals surface area (Å²) in [6, 6.07) is 2.98. The number of ether oxygens (including phenoxy) is 2. The number of hydrogen-bond donors (Lipinski definition) is 1. The van der Waals surface area contributed by atoms with E-state index >= 15 is 0 Å². The van der Waals surface area contributed by atoms with Gasteiger partial charge in [-0.1, -0.05) is 0 Å². The normalized spacial score (nSPS) is 14.6. The SMILES string of the molecule is COc1cc(C(=O)O)cc(Br)c1OC1CC1. The Balaban J connectivity index is 2.38. The van der Waals surface area contributed by atoms with Gasteiger partial charge in [0.2, 0.25) is 0 Å². The van der Waals surface area contributed by atoms with Crippen molar-refractivity contribution in [2.75, 3.05) is 7.11 Å². The Bertz CT molecular complexity index is 426. The lowest BCUT2D eigenvalue weighted by Gasteiger charge is -2.12. The predicted octanol–water partition coefficient (Wildman–Crippen LogP) is 2.70. The van der Waals surface area contributed by atoms with Gasteiger partial charge in [0.15, 0.2) is 11.5 Å². The summed E-state index contributed by atoms with van der Waals surface area (Å²) < 4.78 is 11.4. The minimum atomic E-state index is -0.989. The molecule has 1 aromatic rings. The second-order valence-corrected chi connectivity index (χ2v) is 4.47. The molecule has 86 valence electrons. The van der Waals surface area contributed by atoms with Crippen LogP contribution in [0, 0.1) is 0 Å². The molecule has 0 spiro atoms. The fourth-order valence-corrected chi connectivity index (χ4v) is 1.85. The van der Waals surface area contributed by atoms with Crippen molar-refractivity contribution in [1.82, 2.24) is 0 Å². The number of carboxylic acids is 1. The quantitative estimate of drug-likeness (QED) is 0.925. The Hall–Kier alpha value is -1.23. The number of hydrogen-bond acceptors (Lipinski definition) is 3. The number of halogens is 1. The van der Waals surface area contributed by atoms with E-state index in [0.717, 1.165) is 12.8 Å². The van der Waals surface area contributed by atoms with E-state index in [-0.39, 0.29) is 11.7 Å². The predicted molar refractivity (Wildman–Crippen MR) is 61.3 cm³/mol. The second kappa shape index (κ2) is 4.33. The molecule has 1 aromatic carbocycles. The van der Waals surface area contributed by atoms with Gasteiger partial charge in [-0.25, -0.2) is 4.79 Å². The van der Waals surface area contributed by atoms with Gasteiger partial charge in [-0.15, -0.1) is 0 Å². The maximum Gasteiger partial charge on any atom is 0.335 e. The van der Waals surface area contributed by atoms with Crippen molar-refractivity contribution >= 4 is 21.9 Å². The van der Waals surface area contributed by atoms with E-state index in [1.807, 2.05) is 0 Å². The highest BCUT2D eigenvalue weighted by atomic mass is 79.9. The van der Waals surface area contributed by atoms with Crippen molar-refractivity contribution in [3.63, 3.8) is 0 Å². The van der Waals surface area contributed by atoms with E-state index < -0.39 is 5.97 Å². The third-order valence-electron chi connectivity index (χ3n) is 2.29. The number of carbonyl (C=O) groups is 1. The Labute approximate surface area is 101 Å². The molecule has 1 aliphatic carbocycles. The molecule has 4 nitrogen and oxygen atoms in total. The molecule has 2 rings (SSSR count). The zero-order chi connectivity index (χ0) is 11.7. The molecule has 0 radical (unpaired) electrons. The van der Waals surface area contributed by atoms with Gasteiger partial charge in [0.1, 0.15) is 0 Å². The molecule has 0 unspecified atom stereocenters. The topological polar surface area (TPSA) is 55.8 Å². The van der Waals surface area contributed by atoms with Crippen LogP contribution in [0.4, 0.5) is 0 Å². The van der Waals surface area contributed by atoms with E-state index in [1.54, 1.807) is 0 Å². The zero-order valence-corrected chi connectivity index (χ0v) is 10.3. The summed E-state index contributed by atoms with van der Waals surface area (Å²) in [7, 11) is 1.49. The first-order valence-electron chi connectivity index (χ1n) is 4.89. The van der Waals surface area contributed by atoms with Crippen molar-refractivity contribution in [2.45, 2.75) is 18.9 Å². The van der Waals surface area contributed by atoms with Gasteiger partial charge in [0.05, 0.1) is 23.2 Å². The highest BCUT2D eigenvalue weighted by Crippen LogP contribution is 2.40. The monoisotopic (exact) mass is 286 g/mol. The summed E-state index contributed by atoms with van der Waals surface area (Å²) in [4.78, 5) is 10.8. The van der Waals surface area contributed by atoms with Gasteiger partial charge in [-0.3, -0.25) is 0 Å². The average Bonchev–Trinajstić information content (AvgIpc) is 3.04. The Kier molecular flexibility index (Phi) is 3.05. The van der Waals surface area contributed by atoms with Crippen molar-refractivity contribution in [2.24, 2.45) is 0 Å². The number of benzene rings is 1. The smallest absolute Gasteiger partial charge is 0.335 e. The summed E-state index contributed by atoms with van der Waals surface area (Å²) in [6.07, 6.45) is 2.31. The van der Waals surface area contributed by atoms with E-state index in [9.17, 15) is 4.79 Å². The summed E-state index contributed by atoms with van der Waals surface area (Å²) in [5.74, 6) is 0.0330. The third kappa shape index (κ3) is 2.29. The van der Waals surface area contributed by atoms with Crippen LogP contribution in [-0.2, 0) is 0 Å². The molecule has 0 amide bonds. The molecule has 0 atom stereocenters. The molecule has 0 bridgehead atoms. The van der Waals surface area contributed by atoms with Crippen LogP contribution >= 0.6 is 15.9 Å². The van der Waals surface area contributed by atoms with Crippen LogP contribution in [0.25, 0.3) is 0 Å². The van der Waals surface area contributed by atoms with Crippen molar-refractivity contribution in [1.29, 1.82) is 0 Å². The third-order valence-corrected chi connectivity index (χ3v) is 2.87. The molecule has 1 fully saturated rings. The average molecular weight is 287 g/mol. The van der Waals surface area contributed by atoms with Gasteiger partial charge < -0.3 is 14.6 Å². The maximum atomic E-state index is 10.8. The lowest BCUT2D eigenvalue weighted by atomic mass is 10.2. The summed E-state index contributed by atoms with van der Waals surface area (Å²) >= 11 is 3.30. The largest absolute Gasteiger partial charge is 0.493 e. The lowest BCUT2D eigenvalue weighted by Crippen LogP contribution is -2.03. The first-order valence-corrected chi connectivity index (χ1v) is 5.68. The Morgan fingerprint density at radius 3 is 2.69 bits per heavy atom. The number of rotatable bonds is 4. The first-order chi connectivity index (χ1) is 7.61. The Morgan fingerprint density at radius 1 is 1.50 bits per heavy atom. The van der Waals surface area contributed by atoms with Crippen LogP contribution in [0.3, 0.4) is 0 Å². The minimum absolute atomic E-state index is 0.173. The lowest BCUT2D eigenvalue weighted by molar-refractivity contribution is 0.0696. The standard InChI is InChI=1S/C11H11BrO4/c1-15-9-5-6(11(13)14)4-8(12)10(9)16-7-2-3-7/h4-5,7H,2-3H2,1H3,(H,13,14).